The van der Waals surface area contributed by atoms with Crippen molar-refractivity contribution < 1.29 is 14.4 Å². The third-order valence-electron chi connectivity index (χ3n) is 3.12. The molecule has 1 aliphatic heterocycles. The van der Waals surface area contributed by atoms with Gasteiger partial charge in [-0.3, -0.25) is 24.7 Å². The van der Waals surface area contributed by atoms with Gasteiger partial charge in [-0.1, -0.05) is 6.07 Å². The van der Waals surface area contributed by atoms with Gasteiger partial charge in [0.15, 0.2) is 0 Å². The van der Waals surface area contributed by atoms with Crippen molar-refractivity contribution in [3.63, 3.8) is 0 Å². The number of likely N-dealkylation sites (tertiary alicyclic amines) is 1. The second-order valence-electron chi connectivity index (χ2n) is 4.57. The lowest BCUT2D eigenvalue weighted by Gasteiger charge is -2.18. The van der Waals surface area contributed by atoms with Crippen LogP contribution in [0.15, 0.2) is 18.2 Å². The first-order valence-electron chi connectivity index (χ1n) is 6.42. The van der Waals surface area contributed by atoms with Crippen LogP contribution in [-0.4, -0.2) is 27.6 Å². The standard InChI is InChI=1S/C13H16N4O3/c14-16-13(20)10-5-3-4-9(15-10)8-17-11(18)6-1-2-7-12(17)19/h3-5H,1-2,6-8,14H2,(H,16,20). The maximum atomic E-state index is 11.9. The number of carbonyl (C=O) groups is 3. The number of hydrazine groups is 1. The fourth-order valence-corrected chi connectivity index (χ4v) is 2.07. The highest BCUT2D eigenvalue weighted by molar-refractivity contribution is 5.96. The van der Waals surface area contributed by atoms with E-state index in [4.69, 9.17) is 5.84 Å². The number of aromatic nitrogens is 1. The SMILES string of the molecule is NNC(=O)c1cccc(CN2C(=O)CCCCC2=O)n1. The summed E-state index contributed by atoms with van der Waals surface area (Å²) >= 11 is 0. The van der Waals surface area contributed by atoms with E-state index in [9.17, 15) is 14.4 Å². The van der Waals surface area contributed by atoms with E-state index in [1.807, 2.05) is 5.43 Å². The third-order valence-corrected chi connectivity index (χ3v) is 3.12. The number of rotatable bonds is 3. The Kier molecular flexibility index (Phi) is 4.41. The third kappa shape index (κ3) is 3.18. The predicted octanol–water partition coefficient (Wildman–Crippen LogP) is 0.114. The van der Waals surface area contributed by atoms with Crippen molar-refractivity contribution in [2.75, 3.05) is 0 Å². The number of nitrogens with two attached hydrogens (primary N) is 1. The molecule has 2 rings (SSSR count). The first-order valence-corrected chi connectivity index (χ1v) is 6.42. The number of amides is 3. The first kappa shape index (κ1) is 14.1. The molecule has 1 aromatic rings. The second-order valence-corrected chi connectivity index (χ2v) is 4.57. The lowest BCUT2D eigenvalue weighted by atomic mass is 10.2. The van der Waals surface area contributed by atoms with Gasteiger partial charge in [-0.2, -0.15) is 0 Å². The molecule has 3 N–H and O–H groups in total. The summed E-state index contributed by atoms with van der Waals surface area (Å²) in [5.74, 6) is 4.15. The Balaban J connectivity index is 2.17. The Morgan fingerprint density at radius 2 is 1.90 bits per heavy atom. The Morgan fingerprint density at radius 1 is 1.25 bits per heavy atom. The summed E-state index contributed by atoms with van der Waals surface area (Å²) in [6.07, 6.45) is 2.19. The normalized spacial score (nSPS) is 15.9. The van der Waals surface area contributed by atoms with Crippen LogP contribution in [0.5, 0.6) is 0 Å². The van der Waals surface area contributed by atoms with Crippen LogP contribution in [0.3, 0.4) is 0 Å². The Hall–Kier alpha value is -2.28. The summed E-state index contributed by atoms with van der Waals surface area (Å²) in [5.41, 5.74) is 2.62. The molecule has 3 amide bonds. The molecular weight excluding hydrogens is 260 g/mol. The van der Waals surface area contributed by atoms with Crippen molar-refractivity contribution in [1.82, 2.24) is 15.3 Å². The van der Waals surface area contributed by atoms with Gasteiger partial charge in [-0.15, -0.1) is 0 Å². The minimum absolute atomic E-state index is 0.0867. The Labute approximate surface area is 116 Å². The summed E-state index contributed by atoms with van der Waals surface area (Å²) in [4.78, 5) is 40.5. The fourth-order valence-electron chi connectivity index (χ4n) is 2.07. The van der Waals surface area contributed by atoms with Crippen molar-refractivity contribution in [3.8, 4) is 0 Å². The predicted molar refractivity (Wildman–Crippen MR) is 69.9 cm³/mol. The van der Waals surface area contributed by atoms with Crippen molar-refractivity contribution in [2.45, 2.75) is 32.2 Å². The van der Waals surface area contributed by atoms with Crippen LogP contribution >= 0.6 is 0 Å². The highest BCUT2D eigenvalue weighted by atomic mass is 16.2. The maximum absolute atomic E-state index is 11.9. The van der Waals surface area contributed by atoms with Crippen LogP contribution in [0.2, 0.25) is 0 Å². The summed E-state index contributed by atoms with van der Waals surface area (Å²) < 4.78 is 0. The summed E-state index contributed by atoms with van der Waals surface area (Å²) in [5, 5.41) is 0. The molecule has 7 nitrogen and oxygen atoms in total. The lowest BCUT2D eigenvalue weighted by Crippen LogP contribution is -2.35. The van der Waals surface area contributed by atoms with E-state index in [1.54, 1.807) is 12.1 Å². The molecular formula is C13H16N4O3. The number of hydrogen-bond acceptors (Lipinski definition) is 5. The van der Waals surface area contributed by atoms with Gasteiger partial charge in [-0.25, -0.2) is 10.8 Å². The molecule has 1 aromatic heterocycles. The molecule has 0 aromatic carbocycles. The van der Waals surface area contributed by atoms with Crippen LogP contribution in [0.25, 0.3) is 0 Å². The van der Waals surface area contributed by atoms with Crippen LogP contribution in [0, 0.1) is 0 Å². The average Bonchev–Trinajstić information content (AvgIpc) is 2.62. The summed E-state index contributed by atoms with van der Waals surface area (Å²) in [6.45, 7) is 0.0867. The zero-order valence-corrected chi connectivity index (χ0v) is 11.0. The van der Waals surface area contributed by atoms with E-state index >= 15 is 0 Å². The molecule has 0 unspecified atom stereocenters. The van der Waals surface area contributed by atoms with E-state index in [1.165, 1.54) is 11.0 Å². The molecule has 7 heteroatoms. The molecule has 0 atom stereocenters. The molecule has 106 valence electrons. The van der Waals surface area contributed by atoms with Gasteiger partial charge in [0.1, 0.15) is 5.69 Å². The maximum Gasteiger partial charge on any atom is 0.283 e. The van der Waals surface area contributed by atoms with Crippen LogP contribution in [0.4, 0.5) is 0 Å². The topological polar surface area (TPSA) is 105 Å². The molecule has 1 fully saturated rings. The number of hydrogen-bond donors (Lipinski definition) is 2. The minimum Gasteiger partial charge on any atom is -0.289 e. The molecule has 0 radical (unpaired) electrons. The molecule has 1 saturated heterocycles. The van der Waals surface area contributed by atoms with Crippen molar-refractivity contribution in [2.24, 2.45) is 5.84 Å². The lowest BCUT2D eigenvalue weighted by molar-refractivity contribution is -0.144. The summed E-state index contributed by atoms with van der Waals surface area (Å²) in [7, 11) is 0. The molecule has 1 aliphatic rings. The van der Waals surface area contributed by atoms with Gasteiger partial charge in [0.05, 0.1) is 12.2 Å². The zero-order valence-electron chi connectivity index (χ0n) is 11.0. The highest BCUT2D eigenvalue weighted by Gasteiger charge is 2.24. The van der Waals surface area contributed by atoms with Gasteiger partial charge in [0.25, 0.3) is 5.91 Å². The second kappa shape index (κ2) is 6.25. The number of nitrogen functional groups attached to an aromatic ring is 1. The molecule has 0 aliphatic carbocycles. The van der Waals surface area contributed by atoms with Gasteiger partial charge >= 0.3 is 0 Å². The monoisotopic (exact) mass is 276 g/mol. The van der Waals surface area contributed by atoms with E-state index < -0.39 is 5.91 Å². The van der Waals surface area contributed by atoms with Crippen LogP contribution < -0.4 is 11.3 Å². The van der Waals surface area contributed by atoms with Gasteiger partial charge in [0.2, 0.25) is 11.8 Å². The average molecular weight is 276 g/mol. The fraction of sp³-hybridized carbons (Fsp3) is 0.385. The van der Waals surface area contributed by atoms with Crippen molar-refractivity contribution in [1.29, 1.82) is 0 Å². The molecule has 0 saturated carbocycles. The number of nitrogens with zero attached hydrogens (tertiary/aromatic N) is 2. The minimum atomic E-state index is -0.514. The van der Waals surface area contributed by atoms with Gasteiger partial charge in [-0.05, 0) is 25.0 Å². The van der Waals surface area contributed by atoms with E-state index in [2.05, 4.69) is 4.98 Å². The van der Waals surface area contributed by atoms with Crippen molar-refractivity contribution >= 4 is 17.7 Å². The highest BCUT2D eigenvalue weighted by Crippen LogP contribution is 2.15. The van der Waals surface area contributed by atoms with Crippen molar-refractivity contribution in [3.05, 3.63) is 29.6 Å². The largest absolute Gasteiger partial charge is 0.289 e. The quantitative estimate of drug-likeness (QED) is 0.353. The smallest absolute Gasteiger partial charge is 0.283 e. The summed E-state index contributed by atoms with van der Waals surface area (Å²) in [6, 6.07) is 4.82. The molecule has 0 spiro atoms. The number of nitrogens with one attached hydrogen (secondary N) is 1. The molecule has 0 bridgehead atoms. The Bertz CT molecular complexity index is 526. The van der Waals surface area contributed by atoms with E-state index in [0.717, 1.165) is 12.8 Å². The van der Waals surface area contributed by atoms with Crippen LogP contribution in [-0.2, 0) is 16.1 Å². The Morgan fingerprint density at radius 3 is 2.50 bits per heavy atom. The number of pyridine rings is 1. The van der Waals surface area contributed by atoms with E-state index in [-0.39, 0.29) is 24.1 Å². The number of carbonyl (C=O) groups excluding carboxylic acids is 3. The zero-order chi connectivity index (χ0) is 14.5. The van der Waals surface area contributed by atoms with E-state index in [0.29, 0.717) is 18.5 Å². The van der Waals surface area contributed by atoms with Gasteiger partial charge < -0.3 is 0 Å². The molecule has 20 heavy (non-hydrogen) atoms. The molecule has 2 heterocycles. The van der Waals surface area contributed by atoms with Crippen LogP contribution in [0.1, 0.15) is 41.9 Å². The number of imide groups is 1. The first-order chi connectivity index (χ1) is 9.61. The van der Waals surface area contributed by atoms with Gasteiger partial charge in [0, 0.05) is 12.8 Å².